The van der Waals surface area contributed by atoms with Crippen LogP contribution in [0.2, 0.25) is 0 Å². The molecule has 0 aliphatic heterocycles. The fourth-order valence-electron chi connectivity index (χ4n) is 0. The van der Waals surface area contributed by atoms with Gasteiger partial charge in [0.1, 0.15) is 0 Å². The van der Waals surface area contributed by atoms with Crippen molar-refractivity contribution in [2.24, 2.45) is 0 Å². The van der Waals surface area contributed by atoms with Crippen LogP contribution in [0, 0.1) is 0 Å². The van der Waals surface area contributed by atoms with Crippen LogP contribution in [-0.4, -0.2) is 407 Å². The molecule has 0 saturated carbocycles. The van der Waals surface area contributed by atoms with Gasteiger partial charge in [0.05, 0.1) is 0 Å². The van der Waals surface area contributed by atoms with Crippen molar-refractivity contribution in [3.8, 4) is 0 Å². The standard InChI is InChI=1S/4Al.4Ca.4K.4Na.7H2O4S.7O3Si/c;;;;;;;;;;;;;;;;7*1-5(2,3)4;7*1-4(2)3/h;;;;;;;;;;;;;;;;7*(H2,1,2,3,4);;;;;;;/q4*+3;4*+2;8*+1;;;;;;;;7*-2/p-14. The molecule has 0 aromatic heterocycles. The molecule has 0 aliphatic rings. The molecular formula is Al4Ca4K4Na4O49S7Si7. The monoisotopic (exact) mass is 1720 g/mol. The SMILES string of the molecule is O=S(=O)([O-])[O-].O=S(=O)([O-])[O-].O=S(=O)([O-])[O-].O=S(=O)([O-])[O-].O=S(=O)([O-])[O-].O=S(=O)([O-])[O-].O=S(=O)([O-])[O-].O=[Si]([O-])[O-].O=[Si]([O-])[O-].O=[Si]([O-])[O-].O=[Si]([O-])[O-].O=[Si]([O-])[O-].O=[Si]([O-])[O-].O=[Si]([O-])[O-].[Al+3].[Al+3].[Al+3].[Al+3].[Ca+2].[Ca+2].[Ca+2].[Ca+2].[K+].[K+].[K+].[K+].[Na+].[Na+].[Na+].[Na+]. The van der Waals surface area contributed by atoms with Gasteiger partial charge in [-0.2, -0.15) is 0 Å². The van der Waals surface area contributed by atoms with E-state index in [4.69, 9.17) is 221 Å². The Kier molecular flexibility index (Phi) is 323. The predicted molar refractivity (Wildman–Crippen MR) is 164 cm³/mol. The van der Waals surface area contributed by atoms with Crippen molar-refractivity contribution in [2.75, 3.05) is 0 Å². The Labute approximate surface area is 877 Å². The molecule has 79 heteroatoms. The van der Waals surface area contributed by atoms with E-state index in [1.54, 1.807) is 0 Å². The molecule has 0 bridgehead atoms. The van der Waals surface area contributed by atoms with E-state index in [-0.39, 0.29) is 544 Å². The van der Waals surface area contributed by atoms with E-state index in [1.165, 1.54) is 0 Å². The molecule has 0 unspecified atom stereocenters. The molecule has 392 valence electrons. The Morgan fingerprint density at radius 3 is 0.177 bits per heavy atom. The topological polar surface area (TPSA) is 1000 Å². The molecule has 0 aromatic carbocycles. The maximum absolute atomic E-state index is 8.52. The quantitative estimate of drug-likeness (QED) is 0.123. The predicted octanol–water partition coefficient (Wildman–Crippen LogP) is -56.5. The summed E-state index contributed by atoms with van der Waals surface area (Å²) >= 11 is 0. The first-order valence-corrected chi connectivity index (χ1v) is 26.9. The van der Waals surface area contributed by atoms with E-state index in [9.17, 15) is 0 Å². The summed E-state index contributed by atoms with van der Waals surface area (Å²) in [7, 11) is -61.6. The third-order valence-corrected chi connectivity index (χ3v) is 0. The van der Waals surface area contributed by atoms with E-state index >= 15 is 0 Å². The Balaban J connectivity index is -0.0000000115. The van der Waals surface area contributed by atoms with Crippen LogP contribution in [0.25, 0.3) is 0 Å². The van der Waals surface area contributed by atoms with E-state index in [0.29, 0.717) is 0 Å². The summed E-state index contributed by atoms with van der Waals surface area (Å²) in [5, 5.41) is 0. The minimum absolute atomic E-state index is 0. The van der Waals surface area contributed by atoms with Gasteiger partial charge in [-0.1, -0.05) is 0 Å². The van der Waals surface area contributed by atoms with Gasteiger partial charge in [-0.05, 0) is 0 Å². The molecule has 0 saturated heterocycles. The van der Waals surface area contributed by atoms with Crippen LogP contribution in [0.15, 0.2) is 0 Å². The summed E-state index contributed by atoms with van der Waals surface area (Å²) < 4.78 is 298. The minimum atomic E-state index is -5.17. The summed E-state index contributed by atoms with van der Waals surface area (Å²) in [6.07, 6.45) is 0. The molecular weight excluding hydrogens is 1720 g/mol. The molecule has 0 amide bonds. The third-order valence-electron chi connectivity index (χ3n) is 0. The molecule has 49 nitrogen and oxygen atoms in total. The summed E-state index contributed by atoms with van der Waals surface area (Å²) in [5.74, 6) is 0. The molecule has 0 spiro atoms. The van der Waals surface area contributed by atoms with Crippen LogP contribution in [0.5, 0.6) is 0 Å². The maximum atomic E-state index is 8.52. The maximum Gasteiger partial charge on any atom is 3.00 e. The number of rotatable bonds is 0. The minimum Gasteiger partial charge on any atom is -0.759 e. The molecule has 79 heavy (non-hydrogen) atoms. The normalized spacial score (nSPS) is 7.27. The Bertz CT molecular complexity index is 1560. The fraction of sp³-hybridized carbons (Fsp3) is 0. The second-order valence-corrected chi connectivity index (χ2v) is 13.8. The smallest absolute Gasteiger partial charge is 0.759 e. The molecule has 0 heterocycles. The molecule has 0 aromatic rings. The van der Waals surface area contributed by atoms with Gasteiger partial charge in [0, 0.05) is 137 Å². The molecule has 0 fully saturated rings. The van der Waals surface area contributed by atoms with Gasteiger partial charge >= 0.3 is 544 Å². The molecule has 0 atom stereocenters. The van der Waals surface area contributed by atoms with Crippen molar-refractivity contribution in [3.05, 3.63) is 0 Å². The molecule has 0 aliphatic carbocycles. The van der Waals surface area contributed by atoms with Crippen LogP contribution in [0.4, 0.5) is 0 Å². The van der Waals surface area contributed by atoms with Crippen LogP contribution >= 0.6 is 0 Å². The zero-order chi connectivity index (χ0) is 56.5. The third kappa shape index (κ3) is 3750. The van der Waals surface area contributed by atoms with Gasteiger partial charge < -0.3 is 162 Å². The largest absolute Gasteiger partial charge is 3.00 e. The van der Waals surface area contributed by atoms with Crippen molar-refractivity contribution in [3.63, 3.8) is 0 Å². The van der Waals surface area contributed by atoms with E-state index in [0.717, 1.165) is 0 Å². The Morgan fingerprint density at radius 1 is 0.177 bits per heavy atom. The van der Waals surface area contributed by atoms with Gasteiger partial charge in [0.2, 0.25) is 0 Å². The zero-order valence-corrected chi connectivity index (χ0v) is 86.2. The van der Waals surface area contributed by atoms with Gasteiger partial charge in [0.25, 0.3) is 0 Å². The summed E-state index contributed by atoms with van der Waals surface area (Å²) in [6, 6.07) is 0. The van der Waals surface area contributed by atoms with Gasteiger partial charge in [0.15, 0.2) is 0 Å². The summed E-state index contributed by atoms with van der Waals surface area (Å²) in [6.45, 7) is 0. The first-order chi connectivity index (χ1) is 26.1. The summed E-state index contributed by atoms with van der Waals surface area (Å²) in [4.78, 5) is 119. The Hall–Kier alpha value is 14.1. The zero-order valence-electron chi connectivity index (χ0n) is 39.5. The van der Waals surface area contributed by atoms with Crippen LogP contribution in [0.1, 0.15) is 0 Å². The fourth-order valence-corrected chi connectivity index (χ4v) is 0. The van der Waals surface area contributed by atoms with E-state index in [1.807, 2.05) is 0 Å². The van der Waals surface area contributed by atoms with Gasteiger partial charge in [-0.25, -0.2) is 0 Å². The van der Waals surface area contributed by atoms with E-state index < -0.39 is 137 Å². The number of hydrogen-bond acceptors (Lipinski definition) is 49. The van der Waals surface area contributed by atoms with E-state index in [2.05, 4.69) is 0 Å². The van der Waals surface area contributed by atoms with Crippen LogP contribution < -0.4 is 391 Å². The first kappa shape index (κ1) is 198. The van der Waals surface area contributed by atoms with Crippen molar-refractivity contribution in [1.82, 2.24) is 0 Å². The summed E-state index contributed by atoms with van der Waals surface area (Å²) in [5.41, 5.74) is 0. The second-order valence-electron chi connectivity index (χ2n) is 4.61. The second kappa shape index (κ2) is 129. The van der Waals surface area contributed by atoms with Gasteiger partial charge in [-0.3, -0.25) is 58.9 Å². The average Bonchev–Trinajstić information content (AvgIpc) is 2.67. The van der Waals surface area contributed by atoms with Crippen molar-refractivity contribution >= 4 is 357 Å². The van der Waals surface area contributed by atoms with Crippen molar-refractivity contribution in [1.29, 1.82) is 0 Å². The molecule has 0 radical (unpaired) electrons. The average molecular weight is 1720 g/mol. The Morgan fingerprint density at radius 2 is 0.177 bits per heavy atom. The van der Waals surface area contributed by atoms with Crippen molar-refractivity contribution < 1.29 is 545 Å². The molecule has 0 rings (SSSR count). The van der Waals surface area contributed by atoms with Crippen LogP contribution in [0.3, 0.4) is 0 Å². The number of hydrogen-bond donors (Lipinski definition) is 0. The van der Waals surface area contributed by atoms with Gasteiger partial charge in [-0.15, -0.1) is 0 Å². The first-order valence-electron chi connectivity index (χ1n) is 8.95. The van der Waals surface area contributed by atoms with Crippen molar-refractivity contribution in [2.45, 2.75) is 0 Å². The molecule has 0 N–H and O–H groups in total. The van der Waals surface area contributed by atoms with Crippen LogP contribution in [-0.2, 0) is 104 Å².